The largest absolute Gasteiger partial charge is 0.468 e. The summed E-state index contributed by atoms with van der Waals surface area (Å²) in [4.78, 5) is 27.4. The maximum atomic E-state index is 12.2. The Balaban J connectivity index is 2.03. The third-order valence-electron chi connectivity index (χ3n) is 3.19. The fourth-order valence-corrected chi connectivity index (χ4v) is 2.45. The summed E-state index contributed by atoms with van der Waals surface area (Å²) < 4.78 is 4.58. The molecule has 0 aliphatic carbocycles. The molecule has 0 radical (unpaired) electrons. The fraction of sp³-hybridized carbons (Fsp3) is 0.188. The van der Waals surface area contributed by atoms with Gasteiger partial charge in [-0.25, -0.2) is 4.98 Å². The predicted octanol–water partition coefficient (Wildman–Crippen LogP) is 2.68. The van der Waals surface area contributed by atoms with Crippen LogP contribution in [0.15, 0.2) is 36.5 Å². The minimum Gasteiger partial charge on any atom is -0.468 e. The number of ether oxygens (including phenoxy) is 1. The molecule has 1 amide bonds. The molecule has 1 aromatic heterocycles. The van der Waals surface area contributed by atoms with Crippen molar-refractivity contribution in [2.24, 2.45) is 5.73 Å². The van der Waals surface area contributed by atoms with E-state index in [1.54, 1.807) is 24.3 Å². The van der Waals surface area contributed by atoms with Crippen LogP contribution < -0.4 is 11.1 Å². The van der Waals surface area contributed by atoms with E-state index in [-0.39, 0.29) is 10.7 Å². The summed E-state index contributed by atoms with van der Waals surface area (Å²) in [6.45, 7) is 0. The number of esters is 1. The van der Waals surface area contributed by atoms with Crippen LogP contribution in [0.4, 0.5) is 5.69 Å². The zero-order valence-electron chi connectivity index (χ0n) is 12.8. The molecular weight excluding hydrogens is 353 g/mol. The standard InChI is InChI=1S/C16H15Cl2N3O3/c1-24-16(23)13(19)6-9-2-4-11(5-3-9)21-15(22)14-12(18)7-10(17)8-20-14/h2-5,7-8,13H,6,19H2,1H3,(H,21,22)/t13-/m0/s1. The molecule has 0 bridgehead atoms. The Labute approximate surface area is 148 Å². The summed E-state index contributed by atoms with van der Waals surface area (Å²) >= 11 is 11.7. The van der Waals surface area contributed by atoms with Crippen LogP contribution in [0.3, 0.4) is 0 Å². The van der Waals surface area contributed by atoms with E-state index in [0.29, 0.717) is 17.1 Å². The average molecular weight is 368 g/mol. The van der Waals surface area contributed by atoms with Crippen molar-refractivity contribution in [1.29, 1.82) is 0 Å². The first kappa shape index (κ1) is 18.2. The Morgan fingerprint density at radius 3 is 2.54 bits per heavy atom. The van der Waals surface area contributed by atoms with Crippen LogP contribution in [-0.4, -0.2) is 30.0 Å². The molecule has 6 nitrogen and oxygen atoms in total. The number of methoxy groups -OCH3 is 1. The van der Waals surface area contributed by atoms with Crippen LogP contribution in [0, 0.1) is 0 Å². The van der Waals surface area contributed by atoms with Gasteiger partial charge in [-0.3, -0.25) is 9.59 Å². The van der Waals surface area contributed by atoms with Crippen molar-refractivity contribution in [3.63, 3.8) is 0 Å². The fourth-order valence-electron chi connectivity index (χ4n) is 1.98. The van der Waals surface area contributed by atoms with E-state index < -0.39 is 17.9 Å². The van der Waals surface area contributed by atoms with E-state index in [9.17, 15) is 9.59 Å². The van der Waals surface area contributed by atoms with Gasteiger partial charge in [0.2, 0.25) is 0 Å². The first-order valence-electron chi connectivity index (χ1n) is 6.95. The highest BCUT2D eigenvalue weighted by Crippen LogP contribution is 2.20. The SMILES string of the molecule is COC(=O)[C@@H](N)Cc1ccc(NC(=O)c2ncc(Cl)cc2Cl)cc1. The number of hydrogen-bond acceptors (Lipinski definition) is 5. The van der Waals surface area contributed by atoms with Gasteiger partial charge in [0, 0.05) is 11.9 Å². The summed E-state index contributed by atoms with van der Waals surface area (Å²) in [6, 6.07) is 7.63. The zero-order chi connectivity index (χ0) is 17.7. The predicted molar refractivity (Wildman–Crippen MR) is 92.3 cm³/mol. The highest BCUT2D eigenvalue weighted by molar-refractivity contribution is 6.36. The number of nitrogens with two attached hydrogens (primary N) is 1. The van der Waals surface area contributed by atoms with Gasteiger partial charge in [0.1, 0.15) is 11.7 Å². The second-order valence-corrected chi connectivity index (χ2v) is 5.81. The first-order valence-corrected chi connectivity index (χ1v) is 7.71. The molecule has 126 valence electrons. The van der Waals surface area contributed by atoms with Gasteiger partial charge < -0.3 is 15.8 Å². The number of carbonyl (C=O) groups excluding carboxylic acids is 2. The molecule has 0 saturated heterocycles. The van der Waals surface area contributed by atoms with Crippen molar-refractivity contribution in [3.8, 4) is 0 Å². The van der Waals surface area contributed by atoms with Crippen molar-refractivity contribution >= 4 is 40.8 Å². The van der Waals surface area contributed by atoms with E-state index in [0.717, 1.165) is 5.56 Å². The Morgan fingerprint density at radius 1 is 1.29 bits per heavy atom. The van der Waals surface area contributed by atoms with E-state index in [4.69, 9.17) is 28.9 Å². The van der Waals surface area contributed by atoms with Gasteiger partial charge in [-0.05, 0) is 30.2 Å². The molecule has 24 heavy (non-hydrogen) atoms. The molecule has 0 fully saturated rings. The van der Waals surface area contributed by atoms with Gasteiger partial charge >= 0.3 is 5.97 Å². The molecule has 1 heterocycles. The second kappa shape index (κ2) is 8.10. The van der Waals surface area contributed by atoms with Crippen molar-refractivity contribution in [2.45, 2.75) is 12.5 Å². The molecule has 0 aliphatic heterocycles. The van der Waals surface area contributed by atoms with Gasteiger partial charge in [0.15, 0.2) is 0 Å². The Kier molecular flexibility index (Phi) is 6.14. The molecule has 8 heteroatoms. The van der Waals surface area contributed by atoms with Crippen LogP contribution in [0.2, 0.25) is 10.0 Å². The number of amides is 1. The molecule has 0 unspecified atom stereocenters. The van der Waals surface area contributed by atoms with Crippen LogP contribution >= 0.6 is 23.2 Å². The van der Waals surface area contributed by atoms with Gasteiger partial charge in [-0.2, -0.15) is 0 Å². The van der Waals surface area contributed by atoms with Crippen LogP contribution in [0.1, 0.15) is 16.1 Å². The van der Waals surface area contributed by atoms with Crippen molar-refractivity contribution < 1.29 is 14.3 Å². The number of carbonyl (C=O) groups is 2. The maximum absolute atomic E-state index is 12.2. The number of nitrogens with one attached hydrogen (secondary N) is 1. The molecule has 0 spiro atoms. The highest BCUT2D eigenvalue weighted by Gasteiger charge is 2.15. The molecule has 1 atom stereocenters. The molecule has 2 aromatic rings. The molecule has 3 N–H and O–H groups in total. The monoisotopic (exact) mass is 367 g/mol. The third-order valence-corrected chi connectivity index (χ3v) is 3.69. The van der Waals surface area contributed by atoms with Gasteiger partial charge in [-0.15, -0.1) is 0 Å². The third kappa shape index (κ3) is 4.67. The van der Waals surface area contributed by atoms with Crippen LogP contribution in [-0.2, 0) is 16.0 Å². The van der Waals surface area contributed by atoms with Crippen molar-refractivity contribution in [1.82, 2.24) is 4.98 Å². The molecular formula is C16H15Cl2N3O3. The van der Waals surface area contributed by atoms with Crippen molar-refractivity contribution in [2.75, 3.05) is 12.4 Å². The summed E-state index contributed by atoms with van der Waals surface area (Å²) in [5, 5.41) is 3.20. The number of rotatable bonds is 5. The van der Waals surface area contributed by atoms with E-state index in [1.165, 1.54) is 19.4 Å². The lowest BCUT2D eigenvalue weighted by atomic mass is 10.1. The van der Waals surface area contributed by atoms with Gasteiger partial charge in [-0.1, -0.05) is 35.3 Å². The van der Waals surface area contributed by atoms with E-state index >= 15 is 0 Å². The van der Waals surface area contributed by atoms with Crippen molar-refractivity contribution in [3.05, 3.63) is 57.8 Å². The molecule has 0 saturated carbocycles. The number of hydrogen-bond donors (Lipinski definition) is 2. The van der Waals surface area contributed by atoms with Gasteiger partial charge in [0.25, 0.3) is 5.91 Å². The Hall–Kier alpha value is -2.15. The highest BCUT2D eigenvalue weighted by atomic mass is 35.5. The summed E-state index contributed by atoms with van der Waals surface area (Å²) in [7, 11) is 1.29. The summed E-state index contributed by atoms with van der Waals surface area (Å²) in [5.41, 5.74) is 7.19. The zero-order valence-corrected chi connectivity index (χ0v) is 14.3. The number of halogens is 2. The summed E-state index contributed by atoms with van der Waals surface area (Å²) in [6.07, 6.45) is 1.69. The minimum atomic E-state index is -0.729. The Morgan fingerprint density at radius 2 is 1.96 bits per heavy atom. The van der Waals surface area contributed by atoms with Gasteiger partial charge in [0.05, 0.1) is 17.2 Å². The molecule has 1 aromatic carbocycles. The number of aromatic nitrogens is 1. The lowest BCUT2D eigenvalue weighted by molar-refractivity contribution is -0.142. The maximum Gasteiger partial charge on any atom is 0.322 e. The number of anilines is 1. The number of nitrogens with zero attached hydrogens (tertiary/aromatic N) is 1. The lowest BCUT2D eigenvalue weighted by Crippen LogP contribution is -2.33. The average Bonchev–Trinajstić information content (AvgIpc) is 2.55. The van der Waals surface area contributed by atoms with Crippen LogP contribution in [0.25, 0.3) is 0 Å². The minimum absolute atomic E-state index is 0.0813. The molecule has 0 aliphatic rings. The topological polar surface area (TPSA) is 94.3 Å². The van der Waals surface area contributed by atoms with Crippen LogP contribution in [0.5, 0.6) is 0 Å². The lowest BCUT2D eigenvalue weighted by Gasteiger charge is -2.10. The normalized spacial score (nSPS) is 11.7. The van der Waals surface area contributed by atoms with E-state index in [1.807, 2.05) is 0 Å². The number of pyridine rings is 1. The number of benzene rings is 1. The first-order chi connectivity index (χ1) is 11.4. The quantitative estimate of drug-likeness (QED) is 0.792. The summed E-state index contributed by atoms with van der Waals surface area (Å²) in [5.74, 6) is -0.925. The smallest absolute Gasteiger partial charge is 0.322 e. The Bertz CT molecular complexity index is 751. The molecule has 2 rings (SSSR count). The van der Waals surface area contributed by atoms with E-state index in [2.05, 4.69) is 15.0 Å². The second-order valence-electron chi connectivity index (χ2n) is 4.97.